The molecule has 0 fully saturated rings. The molecular formula is C54H37N3S. The summed E-state index contributed by atoms with van der Waals surface area (Å²) in [6.07, 6.45) is 6.74. The maximum atomic E-state index is 5.41. The molecule has 0 atom stereocenters. The molecule has 0 unspecified atom stereocenters. The van der Waals surface area contributed by atoms with Crippen molar-refractivity contribution in [1.82, 2.24) is 14.5 Å². The molecule has 7 aromatic carbocycles. The van der Waals surface area contributed by atoms with Crippen LogP contribution in [-0.2, 0) is 6.42 Å². The highest BCUT2D eigenvalue weighted by molar-refractivity contribution is 7.26. The second-order valence-electron chi connectivity index (χ2n) is 15.6. The number of pyridine rings is 2. The lowest BCUT2D eigenvalue weighted by Gasteiger charge is -2.15. The average Bonchev–Trinajstić information content (AvgIpc) is 3.83. The molecule has 1 aliphatic rings. The van der Waals surface area contributed by atoms with Gasteiger partial charge in [-0.15, -0.1) is 11.3 Å². The molecule has 274 valence electrons. The van der Waals surface area contributed by atoms with E-state index in [-0.39, 0.29) is 0 Å². The molecule has 12 rings (SSSR count). The van der Waals surface area contributed by atoms with Crippen LogP contribution in [0.3, 0.4) is 0 Å². The van der Waals surface area contributed by atoms with Crippen LogP contribution in [0, 0.1) is 13.8 Å². The first-order chi connectivity index (χ1) is 28.6. The van der Waals surface area contributed by atoms with Crippen molar-refractivity contribution < 1.29 is 0 Å². The van der Waals surface area contributed by atoms with Gasteiger partial charge in [-0.1, -0.05) is 115 Å². The Hall–Kier alpha value is -6.88. The Morgan fingerprint density at radius 1 is 0.534 bits per heavy atom. The fraction of sp³-hybridized carbons (Fsp3) is 0.0741. The molecule has 4 heteroatoms. The van der Waals surface area contributed by atoms with Crippen molar-refractivity contribution in [1.29, 1.82) is 0 Å². The van der Waals surface area contributed by atoms with Crippen molar-refractivity contribution in [2.45, 2.75) is 26.7 Å². The first kappa shape index (κ1) is 33.3. The highest BCUT2D eigenvalue weighted by atomic mass is 32.1. The summed E-state index contributed by atoms with van der Waals surface area (Å²) in [5, 5.41) is 8.41. The van der Waals surface area contributed by atoms with Crippen LogP contribution in [0.2, 0.25) is 0 Å². The van der Waals surface area contributed by atoms with Crippen molar-refractivity contribution in [3.8, 4) is 39.3 Å². The number of aromatic nitrogens is 3. The molecule has 0 spiro atoms. The van der Waals surface area contributed by atoms with Crippen LogP contribution >= 0.6 is 11.3 Å². The third-order valence-corrected chi connectivity index (χ3v) is 13.6. The minimum atomic E-state index is 0.964. The van der Waals surface area contributed by atoms with Gasteiger partial charge in [0, 0.05) is 75.2 Å². The van der Waals surface area contributed by atoms with E-state index >= 15 is 0 Å². The van der Waals surface area contributed by atoms with Crippen LogP contribution in [0.5, 0.6) is 0 Å². The van der Waals surface area contributed by atoms with E-state index < -0.39 is 0 Å². The molecule has 0 N–H and O–H groups in total. The summed E-state index contributed by atoms with van der Waals surface area (Å²) >= 11 is 1.85. The molecule has 11 aromatic rings. The summed E-state index contributed by atoms with van der Waals surface area (Å²) in [6.45, 7) is 4.50. The Morgan fingerprint density at radius 3 is 1.98 bits per heavy atom. The SMILES string of the molecule is Cc1ccccc1-c1ccc2c(c1C)c1c(n2-c2ccc(-c3ccc4c5ccc(-c6cccc7c6sc6ccccc67)nc5c5ccccc5c4n3)cc2)CCC=C1. The molecule has 0 radical (unpaired) electrons. The van der Waals surface area contributed by atoms with Gasteiger partial charge in [0.2, 0.25) is 0 Å². The van der Waals surface area contributed by atoms with E-state index in [2.05, 4.69) is 182 Å². The van der Waals surface area contributed by atoms with Crippen LogP contribution < -0.4 is 0 Å². The fourth-order valence-electron chi connectivity index (χ4n) is 9.64. The van der Waals surface area contributed by atoms with E-state index in [1.807, 2.05) is 11.3 Å². The van der Waals surface area contributed by atoms with Crippen LogP contribution in [0.15, 0.2) is 158 Å². The number of aryl methyl sites for hydroxylation is 2. The van der Waals surface area contributed by atoms with Gasteiger partial charge in [0.15, 0.2) is 0 Å². The first-order valence-electron chi connectivity index (χ1n) is 20.1. The molecule has 0 aliphatic heterocycles. The summed E-state index contributed by atoms with van der Waals surface area (Å²) < 4.78 is 5.07. The van der Waals surface area contributed by atoms with Crippen molar-refractivity contribution in [2.75, 3.05) is 0 Å². The van der Waals surface area contributed by atoms with E-state index in [0.29, 0.717) is 0 Å². The van der Waals surface area contributed by atoms with Gasteiger partial charge in [-0.3, -0.25) is 0 Å². The minimum absolute atomic E-state index is 0.964. The molecular weight excluding hydrogens is 723 g/mol. The van der Waals surface area contributed by atoms with Gasteiger partial charge < -0.3 is 4.57 Å². The normalized spacial score (nSPS) is 12.8. The van der Waals surface area contributed by atoms with Crippen LogP contribution in [0.1, 0.15) is 28.8 Å². The van der Waals surface area contributed by atoms with Crippen molar-refractivity contribution in [3.63, 3.8) is 0 Å². The molecule has 4 aromatic heterocycles. The smallest absolute Gasteiger partial charge is 0.0795 e. The molecule has 0 saturated heterocycles. The molecule has 3 nitrogen and oxygen atoms in total. The number of benzene rings is 7. The predicted molar refractivity (Wildman–Crippen MR) is 247 cm³/mol. The highest BCUT2D eigenvalue weighted by Crippen LogP contribution is 2.43. The number of nitrogens with zero attached hydrogens (tertiary/aromatic N) is 3. The molecule has 1 aliphatic carbocycles. The lowest BCUT2D eigenvalue weighted by Crippen LogP contribution is -2.02. The fourth-order valence-corrected chi connectivity index (χ4v) is 10.9. The Labute approximate surface area is 340 Å². The van der Waals surface area contributed by atoms with Crippen molar-refractivity contribution >= 4 is 81.1 Å². The first-order valence-corrected chi connectivity index (χ1v) is 21.0. The monoisotopic (exact) mass is 759 g/mol. The van der Waals surface area contributed by atoms with Gasteiger partial charge in [-0.2, -0.15) is 0 Å². The Kier molecular flexibility index (Phi) is 7.36. The van der Waals surface area contributed by atoms with Crippen LogP contribution in [0.25, 0.3) is 109 Å². The maximum Gasteiger partial charge on any atom is 0.0795 e. The van der Waals surface area contributed by atoms with Gasteiger partial charge >= 0.3 is 0 Å². The number of hydrogen-bond acceptors (Lipinski definition) is 3. The lowest BCUT2D eigenvalue weighted by atomic mass is 9.92. The lowest BCUT2D eigenvalue weighted by molar-refractivity contribution is 0.888. The zero-order valence-corrected chi connectivity index (χ0v) is 33.1. The summed E-state index contributed by atoms with van der Waals surface area (Å²) in [7, 11) is 0. The molecule has 0 saturated carbocycles. The standard InChI is InChI=1S/C54H37N3S/c1-32-12-3-4-13-36(32)37-28-31-49-51(33(37)2)45-17-7-9-20-48(45)57(49)35-24-22-34(23-25-35)46-29-26-41-42-27-30-47(56-53(42)40-16-6-5-15-39(40)52(41)55-46)44-19-11-18-43-38-14-8-10-21-50(38)58-54(43)44/h3-8,10-19,21-31H,9,20H2,1-2H3. The van der Waals surface area contributed by atoms with E-state index in [9.17, 15) is 0 Å². The predicted octanol–water partition coefficient (Wildman–Crippen LogP) is 14.8. The number of thiophene rings is 1. The number of fused-ring (bicyclic) bond motifs is 12. The Balaban J connectivity index is 0.963. The van der Waals surface area contributed by atoms with Gasteiger partial charge in [-0.05, 0) is 97.5 Å². The van der Waals surface area contributed by atoms with Crippen LogP contribution in [-0.4, -0.2) is 14.5 Å². The van der Waals surface area contributed by atoms with E-state index in [4.69, 9.17) is 9.97 Å². The largest absolute Gasteiger partial charge is 0.313 e. The van der Waals surface area contributed by atoms with Gasteiger partial charge in [-0.25, -0.2) is 9.97 Å². The van der Waals surface area contributed by atoms with Crippen molar-refractivity contribution in [2.24, 2.45) is 0 Å². The van der Waals surface area contributed by atoms with Crippen molar-refractivity contribution in [3.05, 3.63) is 180 Å². The quantitative estimate of drug-likeness (QED) is 0.167. The zero-order valence-electron chi connectivity index (χ0n) is 32.3. The second kappa shape index (κ2) is 12.8. The van der Waals surface area contributed by atoms with Crippen LogP contribution in [0.4, 0.5) is 0 Å². The third-order valence-electron chi connectivity index (χ3n) is 12.4. The molecule has 0 bridgehead atoms. The average molecular weight is 760 g/mol. The van der Waals surface area contributed by atoms with Gasteiger partial charge in [0.05, 0.1) is 27.9 Å². The van der Waals surface area contributed by atoms with E-state index in [1.54, 1.807) is 0 Å². The van der Waals surface area contributed by atoms with E-state index in [0.717, 1.165) is 62.4 Å². The van der Waals surface area contributed by atoms with Gasteiger partial charge in [0.1, 0.15) is 0 Å². The summed E-state index contributed by atoms with van der Waals surface area (Å²) in [5.41, 5.74) is 16.7. The highest BCUT2D eigenvalue weighted by Gasteiger charge is 2.22. The summed E-state index contributed by atoms with van der Waals surface area (Å²) in [6, 6.07) is 55.1. The number of allylic oxidation sites excluding steroid dienone is 1. The zero-order chi connectivity index (χ0) is 38.5. The number of rotatable bonds is 4. The molecule has 4 heterocycles. The summed E-state index contributed by atoms with van der Waals surface area (Å²) in [5.74, 6) is 0. The Bertz CT molecular complexity index is 3510. The summed E-state index contributed by atoms with van der Waals surface area (Å²) in [4.78, 5) is 10.8. The second-order valence-corrected chi connectivity index (χ2v) is 16.7. The van der Waals surface area contributed by atoms with Gasteiger partial charge in [0.25, 0.3) is 0 Å². The van der Waals surface area contributed by atoms with E-state index in [1.165, 1.54) is 75.8 Å². The topological polar surface area (TPSA) is 30.7 Å². The molecule has 0 amide bonds. The maximum absolute atomic E-state index is 5.41. The minimum Gasteiger partial charge on any atom is -0.313 e. The molecule has 58 heavy (non-hydrogen) atoms. The number of hydrogen-bond donors (Lipinski definition) is 0. The Morgan fingerprint density at radius 2 is 1.19 bits per heavy atom. The third kappa shape index (κ3) is 4.92.